The van der Waals surface area contributed by atoms with Gasteiger partial charge in [0.15, 0.2) is 0 Å². The highest BCUT2D eigenvalue weighted by atomic mass is 19.1. The van der Waals surface area contributed by atoms with E-state index in [-0.39, 0.29) is 5.82 Å². The van der Waals surface area contributed by atoms with Crippen molar-refractivity contribution in [2.24, 2.45) is 11.8 Å². The van der Waals surface area contributed by atoms with Crippen LogP contribution in [0.4, 0.5) is 4.39 Å². The summed E-state index contributed by atoms with van der Waals surface area (Å²) in [5, 5.41) is 3.82. The summed E-state index contributed by atoms with van der Waals surface area (Å²) in [7, 11) is 0. The van der Waals surface area contributed by atoms with Crippen molar-refractivity contribution in [2.75, 3.05) is 0 Å². The number of nitrogens with one attached hydrogen (secondary N) is 1. The Morgan fingerprint density at radius 2 is 1.83 bits per heavy atom. The van der Waals surface area contributed by atoms with Crippen LogP contribution in [-0.2, 0) is 0 Å². The standard InChI is InChI=1S/C16H22FN/c1-11-2-9-15(10-11)18-16(12-3-4-12)13-5-7-14(17)8-6-13/h5-8,11-12,15-16,18H,2-4,9-10H2,1H3. The summed E-state index contributed by atoms with van der Waals surface area (Å²) in [6.45, 7) is 2.34. The van der Waals surface area contributed by atoms with Crippen molar-refractivity contribution < 1.29 is 4.39 Å². The fourth-order valence-electron chi connectivity index (χ4n) is 3.22. The van der Waals surface area contributed by atoms with Gasteiger partial charge in [0, 0.05) is 12.1 Å². The lowest BCUT2D eigenvalue weighted by Crippen LogP contribution is -2.32. The van der Waals surface area contributed by atoms with Crippen LogP contribution in [-0.4, -0.2) is 6.04 Å². The molecule has 1 N–H and O–H groups in total. The van der Waals surface area contributed by atoms with Gasteiger partial charge in [-0.2, -0.15) is 0 Å². The van der Waals surface area contributed by atoms with Crippen LogP contribution in [0.3, 0.4) is 0 Å². The van der Waals surface area contributed by atoms with Gasteiger partial charge in [0.25, 0.3) is 0 Å². The molecule has 0 heterocycles. The van der Waals surface area contributed by atoms with Crippen molar-refractivity contribution in [3.05, 3.63) is 35.6 Å². The van der Waals surface area contributed by atoms with E-state index in [1.165, 1.54) is 37.7 Å². The molecule has 1 aromatic carbocycles. The van der Waals surface area contributed by atoms with Crippen LogP contribution in [0.25, 0.3) is 0 Å². The molecule has 3 atom stereocenters. The predicted molar refractivity (Wildman–Crippen MR) is 71.8 cm³/mol. The third-order valence-corrected chi connectivity index (χ3v) is 4.43. The molecule has 1 nitrogen and oxygen atoms in total. The normalized spacial score (nSPS) is 29.4. The van der Waals surface area contributed by atoms with Gasteiger partial charge in [-0.15, -0.1) is 0 Å². The number of halogens is 1. The Labute approximate surface area is 109 Å². The highest BCUT2D eigenvalue weighted by molar-refractivity contribution is 5.22. The lowest BCUT2D eigenvalue weighted by Gasteiger charge is -2.23. The summed E-state index contributed by atoms with van der Waals surface area (Å²) in [5.74, 6) is 1.49. The fourth-order valence-corrected chi connectivity index (χ4v) is 3.22. The zero-order chi connectivity index (χ0) is 12.5. The minimum atomic E-state index is -0.136. The Bertz CT molecular complexity index is 396. The van der Waals surface area contributed by atoms with Gasteiger partial charge >= 0.3 is 0 Å². The zero-order valence-electron chi connectivity index (χ0n) is 11.0. The number of rotatable bonds is 4. The van der Waals surface area contributed by atoms with E-state index >= 15 is 0 Å². The molecule has 0 aromatic heterocycles. The predicted octanol–water partition coefficient (Wildman–Crippen LogP) is 4.06. The molecule has 2 aliphatic rings. The first-order chi connectivity index (χ1) is 8.72. The SMILES string of the molecule is CC1CCC(NC(c2ccc(F)cc2)C2CC2)C1. The number of hydrogen-bond donors (Lipinski definition) is 1. The van der Waals surface area contributed by atoms with E-state index in [0.29, 0.717) is 12.1 Å². The second-order valence-electron chi connectivity index (χ2n) is 6.15. The summed E-state index contributed by atoms with van der Waals surface area (Å²) in [4.78, 5) is 0. The van der Waals surface area contributed by atoms with E-state index in [1.54, 1.807) is 12.1 Å². The maximum absolute atomic E-state index is 13.0. The van der Waals surface area contributed by atoms with Crippen molar-refractivity contribution >= 4 is 0 Å². The van der Waals surface area contributed by atoms with Crippen LogP contribution in [0.1, 0.15) is 50.6 Å². The molecule has 0 bridgehead atoms. The van der Waals surface area contributed by atoms with Gasteiger partial charge in [0.1, 0.15) is 5.82 Å². The first kappa shape index (κ1) is 12.2. The smallest absolute Gasteiger partial charge is 0.123 e. The largest absolute Gasteiger partial charge is 0.307 e. The van der Waals surface area contributed by atoms with Crippen LogP contribution >= 0.6 is 0 Å². The topological polar surface area (TPSA) is 12.0 Å². The summed E-state index contributed by atoms with van der Waals surface area (Å²) in [5.41, 5.74) is 1.26. The first-order valence-electron chi connectivity index (χ1n) is 7.24. The quantitative estimate of drug-likeness (QED) is 0.846. The van der Waals surface area contributed by atoms with Gasteiger partial charge in [-0.3, -0.25) is 0 Å². The Morgan fingerprint density at radius 1 is 1.11 bits per heavy atom. The van der Waals surface area contributed by atoms with Crippen LogP contribution in [0.2, 0.25) is 0 Å². The molecular formula is C16H22FN. The lowest BCUT2D eigenvalue weighted by molar-refractivity contribution is 0.398. The molecule has 3 unspecified atom stereocenters. The van der Waals surface area contributed by atoms with E-state index in [9.17, 15) is 4.39 Å². The third-order valence-electron chi connectivity index (χ3n) is 4.43. The summed E-state index contributed by atoms with van der Waals surface area (Å²) in [6, 6.07) is 8.18. The highest BCUT2D eigenvalue weighted by Crippen LogP contribution is 2.42. The van der Waals surface area contributed by atoms with E-state index < -0.39 is 0 Å². The second kappa shape index (κ2) is 5.00. The molecule has 0 radical (unpaired) electrons. The Kier molecular flexibility index (Phi) is 3.38. The Balaban J connectivity index is 1.70. The molecule has 2 aliphatic carbocycles. The molecule has 18 heavy (non-hydrogen) atoms. The van der Waals surface area contributed by atoms with E-state index in [4.69, 9.17) is 0 Å². The van der Waals surface area contributed by atoms with Crippen molar-refractivity contribution in [3.8, 4) is 0 Å². The number of hydrogen-bond acceptors (Lipinski definition) is 1. The lowest BCUT2D eigenvalue weighted by atomic mass is 10.0. The average Bonchev–Trinajstić information content (AvgIpc) is 3.12. The third kappa shape index (κ3) is 2.74. The second-order valence-corrected chi connectivity index (χ2v) is 6.15. The molecular weight excluding hydrogens is 225 g/mol. The van der Waals surface area contributed by atoms with Crippen molar-refractivity contribution in [1.29, 1.82) is 0 Å². The van der Waals surface area contributed by atoms with Crippen molar-refractivity contribution in [2.45, 2.75) is 51.1 Å². The van der Waals surface area contributed by atoms with Gasteiger partial charge in [-0.25, -0.2) is 4.39 Å². The highest BCUT2D eigenvalue weighted by Gasteiger charge is 2.34. The summed E-state index contributed by atoms with van der Waals surface area (Å²) < 4.78 is 13.0. The summed E-state index contributed by atoms with van der Waals surface area (Å²) >= 11 is 0. The van der Waals surface area contributed by atoms with Gasteiger partial charge in [-0.05, 0) is 61.6 Å². The summed E-state index contributed by atoms with van der Waals surface area (Å²) in [6.07, 6.45) is 6.57. The minimum absolute atomic E-state index is 0.136. The Morgan fingerprint density at radius 3 is 2.39 bits per heavy atom. The molecule has 0 spiro atoms. The first-order valence-corrected chi connectivity index (χ1v) is 7.24. The van der Waals surface area contributed by atoms with Crippen LogP contribution in [0.5, 0.6) is 0 Å². The van der Waals surface area contributed by atoms with Gasteiger partial charge < -0.3 is 5.32 Å². The molecule has 2 heteroatoms. The monoisotopic (exact) mass is 247 g/mol. The maximum Gasteiger partial charge on any atom is 0.123 e. The molecule has 98 valence electrons. The molecule has 1 aromatic rings. The maximum atomic E-state index is 13.0. The van der Waals surface area contributed by atoms with Crippen LogP contribution in [0.15, 0.2) is 24.3 Å². The van der Waals surface area contributed by atoms with Gasteiger partial charge in [0.2, 0.25) is 0 Å². The fraction of sp³-hybridized carbons (Fsp3) is 0.625. The van der Waals surface area contributed by atoms with Crippen LogP contribution in [0, 0.1) is 17.7 Å². The van der Waals surface area contributed by atoms with E-state index in [0.717, 1.165) is 11.8 Å². The van der Waals surface area contributed by atoms with Gasteiger partial charge in [0.05, 0.1) is 0 Å². The van der Waals surface area contributed by atoms with Gasteiger partial charge in [-0.1, -0.05) is 19.1 Å². The minimum Gasteiger partial charge on any atom is -0.307 e. The molecule has 0 aliphatic heterocycles. The van der Waals surface area contributed by atoms with Crippen molar-refractivity contribution in [1.82, 2.24) is 5.32 Å². The molecule has 0 saturated heterocycles. The zero-order valence-corrected chi connectivity index (χ0v) is 11.0. The number of benzene rings is 1. The average molecular weight is 247 g/mol. The van der Waals surface area contributed by atoms with E-state index in [1.807, 2.05) is 12.1 Å². The molecule has 3 rings (SSSR count). The molecule has 2 fully saturated rings. The van der Waals surface area contributed by atoms with Crippen molar-refractivity contribution in [3.63, 3.8) is 0 Å². The van der Waals surface area contributed by atoms with Crippen LogP contribution < -0.4 is 5.32 Å². The molecule has 2 saturated carbocycles. The molecule has 0 amide bonds. The Hall–Kier alpha value is -0.890. The van der Waals surface area contributed by atoms with E-state index in [2.05, 4.69) is 12.2 Å².